The summed E-state index contributed by atoms with van der Waals surface area (Å²) in [4.78, 5) is 24.6. The summed E-state index contributed by atoms with van der Waals surface area (Å²) in [7, 11) is 1.43. The van der Waals surface area contributed by atoms with Crippen molar-refractivity contribution in [1.29, 1.82) is 0 Å². The van der Waals surface area contributed by atoms with Crippen LogP contribution in [0.15, 0.2) is 51.7 Å². The highest BCUT2D eigenvalue weighted by molar-refractivity contribution is 8.00. The van der Waals surface area contributed by atoms with Crippen LogP contribution >= 0.6 is 23.1 Å². The van der Waals surface area contributed by atoms with Crippen molar-refractivity contribution < 1.29 is 9.53 Å². The van der Waals surface area contributed by atoms with Gasteiger partial charge in [-0.25, -0.2) is 0 Å². The Morgan fingerprint density at radius 1 is 1.30 bits per heavy atom. The SMILES string of the molecule is COc1cn(CC(=O)Nc2ccccc2)c(CSc2nnc(C)s2)cc1=O. The summed E-state index contributed by atoms with van der Waals surface area (Å²) in [5.74, 6) is 0.500. The maximum atomic E-state index is 12.4. The number of para-hydroxylation sites is 1. The molecule has 1 aromatic carbocycles. The van der Waals surface area contributed by atoms with Gasteiger partial charge in [0, 0.05) is 23.2 Å². The van der Waals surface area contributed by atoms with Gasteiger partial charge in [0.25, 0.3) is 0 Å². The highest BCUT2D eigenvalue weighted by Gasteiger charge is 2.12. The van der Waals surface area contributed by atoms with Gasteiger partial charge < -0.3 is 14.6 Å². The topological polar surface area (TPSA) is 86.1 Å². The van der Waals surface area contributed by atoms with Gasteiger partial charge in [-0.15, -0.1) is 10.2 Å². The van der Waals surface area contributed by atoms with Crippen LogP contribution in [0, 0.1) is 6.92 Å². The number of aromatic nitrogens is 3. The maximum Gasteiger partial charge on any atom is 0.244 e. The van der Waals surface area contributed by atoms with Crippen molar-refractivity contribution in [3.05, 3.63) is 63.5 Å². The van der Waals surface area contributed by atoms with Crippen LogP contribution in [-0.2, 0) is 17.1 Å². The quantitative estimate of drug-likeness (QED) is 0.612. The second-order valence-electron chi connectivity index (χ2n) is 5.62. The molecule has 0 fully saturated rings. The van der Waals surface area contributed by atoms with Crippen molar-refractivity contribution in [1.82, 2.24) is 14.8 Å². The number of amides is 1. The van der Waals surface area contributed by atoms with Crippen LogP contribution in [0.4, 0.5) is 5.69 Å². The molecule has 9 heteroatoms. The fourth-order valence-corrected chi connectivity index (χ4v) is 4.18. The number of nitrogens with one attached hydrogen (secondary N) is 1. The summed E-state index contributed by atoms with van der Waals surface area (Å²) in [6.07, 6.45) is 1.56. The number of hydrogen-bond acceptors (Lipinski definition) is 7. The Bertz CT molecular complexity index is 986. The van der Waals surface area contributed by atoms with Crippen molar-refractivity contribution in [3.63, 3.8) is 0 Å². The number of carbonyl (C=O) groups excluding carboxylic acids is 1. The van der Waals surface area contributed by atoms with Crippen LogP contribution < -0.4 is 15.5 Å². The lowest BCUT2D eigenvalue weighted by Crippen LogP contribution is -2.22. The summed E-state index contributed by atoms with van der Waals surface area (Å²) in [5, 5.41) is 11.8. The van der Waals surface area contributed by atoms with Crippen LogP contribution in [0.25, 0.3) is 0 Å². The molecule has 0 aliphatic heterocycles. The first-order valence-electron chi connectivity index (χ1n) is 8.10. The molecular weight excluding hydrogens is 384 g/mol. The van der Waals surface area contributed by atoms with E-state index in [2.05, 4.69) is 15.5 Å². The molecular formula is C18H18N4O3S2. The lowest BCUT2D eigenvalue weighted by atomic mass is 10.3. The van der Waals surface area contributed by atoms with Crippen molar-refractivity contribution in [2.24, 2.45) is 0 Å². The zero-order valence-corrected chi connectivity index (χ0v) is 16.5. The van der Waals surface area contributed by atoms with Crippen LogP contribution in [0.1, 0.15) is 10.7 Å². The predicted octanol–water partition coefficient (Wildman–Crippen LogP) is 2.95. The number of carbonyl (C=O) groups is 1. The highest BCUT2D eigenvalue weighted by Crippen LogP contribution is 2.25. The number of nitrogens with zero attached hydrogens (tertiary/aromatic N) is 3. The molecule has 3 aromatic rings. The zero-order valence-electron chi connectivity index (χ0n) is 14.8. The molecule has 0 bridgehead atoms. The molecule has 0 radical (unpaired) electrons. The van der Waals surface area contributed by atoms with Crippen LogP contribution in [-0.4, -0.2) is 27.8 Å². The molecule has 3 rings (SSSR count). The number of rotatable bonds is 7. The third-order valence-electron chi connectivity index (χ3n) is 3.62. The van der Waals surface area contributed by atoms with E-state index in [1.54, 1.807) is 10.8 Å². The molecule has 0 spiro atoms. The van der Waals surface area contributed by atoms with Crippen molar-refractivity contribution >= 4 is 34.7 Å². The van der Waals surface area contributed by atoms with Gasteiger partial charge in [-0.1, -0.05) is 41.3 Å². The van der Waals surface area contributed by atoms with E-state index in [9.17, 15) is 9.59 Å². The van der Waals surface area contributed by atoms with Crippen LogP contribution in [0.5, 0.6) is 5.75 Å². The van der Waals surface area contributed by atoms with Gasteiger partial charge in [0.1, 0.15) is 11.6 Å². The van der Waals surface area contributed by atoms with E-state index in [-0.39, 0.29) is 23.6 Å². The molecule has 0 aliphatic rings. The Kier molecular flexibility index (Phi) is 6.25. The summed E-state index contributed by atoms with van der Waals surface area (Å²) in [6, 6.07) is 10.7. The molecule has 0 aliphatic carbocycles. The minimum atomic E-state index is -0.221. The lowest BCUT2D eigenvalue weighted by molar-refractivity contribution is -0.116. The number of ether oxygens (including phenoxy) is 1. The number of hydrogen-bond donors (Lipinski definition) is 1. The third kappa shape index (κ3) is 5.18. The highest BCUT2D eigenvalue weighted by atomic mass is 32.2. The number of anilines is 1. The first-order chi connectivity index (χ1) is 13.0. The normalized spacial score (nSPS) is 10.6. The Hall–Kier alpha value is -2.65. The van der Waals surface area contributed by atoms with Gasteiger partial charge in [0.05, 0.1) is 13.3 Å². The predicted molar refractivity (Wildman–Crippen MR) is 107 cm³/mol. The molecule has 27 heavy (non-hydrogen) atoms. The molecule has 0 unspecified atom stereocenters. The monoisotopic (exact) mass is 402 g/mol. The van der Waals surface area contributed by atoms with Gasteiger partial charge in [0.15, 0.2) is 10.1 Å². The molecule has 2 heterocycles. The average molecular weight is 403 g/mol. The Morgan fingerprint density at radius 2 is 2.07 bits per heavy atom. The zero-order chi connectivity index (χ0) is 19.2. The minimum absolute atomic E-state index is 0.0660. The molecule has 0 saturated carbocycles. The fraction of sp³-hybridized carbons (Fsp3) is 0.222. The molecule has 0 saturated heterocycles. The number of methoxy groups -OCH3 is 1. The van der Waals surface area contributed by atoms with E-state index in [0.29, 0.717) is 11.4 Å². The van der Waals surface area contributed by atoms with Gasteiger partial charge in [-0.2, -0.15) is 0 Å². The molecule has 0 atom stereocenters. The number of pyridine rings is 1. The van der Waals surface area contributed by atoms with E-state index in [1.165, 1.54) is 36.3 Å². The second-order valence-corrected chi connectivity index (χ2v) is 8.02. The summed E-state index contributed by atoms with van der Waals surface area (Å²) in [6.45, 7) is 1.95. The fourth-order valence-electron chi connectivity index (χ4n) is 2.37. The second kappa shape index (κ2) is 8.83. The van der Waals surface area contributed by atoms with Gasteiger partial charge >= 0.3 is 0 Å². The number of benzene rings is 1. The van der Waals surface area contributed by atoms with E-state index in [0.717, 1.165) is 15.0 Å². The van der Waals surface area contributed by atoms with Crippen molar-refractivity contribution in [3.8, 4) is 5.75 Å². The Morgan fingerprint density at radius 3 is 2.74 bits per heavy atom. The van der Waals surface area contributed by atoms with Gasteiger partial charge in [-0.3, -0.25) is 9.59 Å². The van der Waals surface area contributed by atoms with Gasteiger partial charge in [-0.05, 0) is 19.1 Å². The van der Waals surface area contributed by atoms with Crippen molar-refractivity contribution in [2.45, 2.75) is 23.6 Å². The smallest absolute Gasteiger partial charge is 0.244 e. The summed E-state index contributed by atoms with van der Waals surface area (Å²) >= 11 is 2.96. The first kappa shape index (κ1) is 19.1. The molecule has 1 N–H and O–H groups in total. The minimum Gasteiger partial charge on any atom is -0.491 e. The third-order valence-corrected chi connectivity index (χ3v) is 5.63. The maximum absolute atomic E-state index is 12.4. The van der Waals surface area contributed by atoms with E-state index >= 15 is 0 Å². The van der Waals surface area contributed by atoms with Gasteiger partial charge in [0.2, 0.25) is 11.3 Å². The Balaban J connectivity index is 1.78. The largest absolute Gasteiger partial charge is 0.491 e. The molecule has 7 nitrogen and oxygen atoms in total. The number of aryl methyl sites for hydroxylation is 1. The molecule has 2 aromatic heterocycles. The average Bonchev–Trinajstić information content (AvgIpc) is 3.07. The van der Waals surface area contributed by atoms with E-state index < -0.39 is 0 Å². The van der Waals surface area contributed by atoms with E-state index in [1.807, 2.05) is 37.3 Å². The van der Waals surface area contributed by atoms with Crippen LogP contribution in [0.2, 0.25) is 0 Å². The summed E-state index contributed by atoms with van der Waals surface area (Å²) in [5.41, 5.74) is 1.21. The van der Waals surface area contributed by atoms with Crippen molar-refractivity contribution in [2.75, 3.05) is 12.4 Å². The standard InChI is InChI=1S/C18H18N4O3S2/c1-12-20-21-18(27-12)26-11-14-8-15(23)16(25-2)9-22(14)10-17(24)19-13-6-4-3-5-7-13/h3-9H,10-11H2,1-2H3,(H,19,24). The first-order valence-corrected chi connectivity index (χ1v) is 9.90. The van der Waals surface area contributed by atoms with Crippen LogP contribution in [0.3, 0.4) is 0 Å². The summed E-state index contributed by atoms with van der Waals surface area (Å²) < 4.78 is 7.65. The Labute approximate surface area is 164 Å². The lowest BCUT2D eigenvalue weighted by Gasteiger charge is -2.14. The molecule has 140 valence electrons. The number of thioether (sulfide) groups is 1. The molecule has 1 amide bonds. The van der Waals surface area contributed by atoms with E-state index in [4.69, 9.17) is 4.74 Å².